The molecule has 0 radical (unpaired) electrons. The summed E-state index contributed by atoms with van der Waals surface area (Å²) in [5.41, 5.74) is 0.223. The molecule has 0 aromatic carbocycles. The Hall–Kier alpha value is -0.830. The third-order valence-electron chi connectivity index (χ3n) is 1.33. The lowest BCUT2D eigenvalue weighted by Gasteiger charge is -2.03. The fourth-order valence-electron chi connectivity index (χ4n) is 0.575. The highest BCUT2D eigenvalue weighted by molar-refractivity contribution is 5.92. The lowest BCUT2D eigenvalue weighted by atomic mass is 10.3. The van der Waals surface area contributed by atoms with Crippen LogP contribution in [0.1, 0.15) is 19.8 Å². The number of carbonyl (C=O) groups is 1. The largest absolute Gasteiger partial charge is 0.391 e. The van der Waals surface area contributed by atoms with Crippen LogP contribution < -0.4 is 5.32 Å². The number of nitrogens with one attached hydrogen (secondary N) is 1. The molecule has 0 saturated carbocycles. The van der Waals surface area contributed by atoms with Crippen molar-refractivity contribution in [1.82, 2.24) is 5.32 Å². The molecular formula is C8H15NO2. The number of aliphatic hydroxyl groups is 1. The van der Waals surface area contributed by atoms with Gasteiger partial charge in [0.25, 0.3) is 0 Å². The molecule has 0 aliphatic rings. The van der Waals surface area contributed by atoms with E-state index >= 15 is 0 Å². The minimum absolute atomic E-state index is 0.223. The molecule has 0 rings (SSSR count). The monoisotopic (exact) mass is 157 g/mol. The van der Waals surface area contributed by atoms with Crippen molar-refractivity contribution >= 4 is 5.91 Å². The van der Waals surface area contributed by atoms with Gasteiger partial charge < -0.3 is 10.4 Å². The van der Waals surface area contributed by atoms with Crippen LogP contribution in [0.15, 0.2) is 12.2 Å². The van der Waals surface area contributed by atoms with Crippen molar-refractivity contribution in [3.8, 4) is 0 Å². The van der Waals surface area contributed by atoms with E-state index in [1.807, 2.05) is 6.92 Å². The summed E-state index contributed by atoms with van der Waals surface area (Å²) in [6.07, 6.45) is 2.01. The third kappa shape index (κ3) is 4.56. The molecule has 0 spiro atoms. The SMILES string of the molecule is C=C(CO)C(=O)NCCCC. The molecule has 0 heterocycles. The van der Waals surface area contributed by atoms with Crippen LogP contribution in [0, 0.1) is 0 Å². The van der Waals surface area contributed by atoms with Gasteiger partial charge in [0, 0.05) is 12.1 Å². The number of hydrogen-bond donors (Lipinski definition) is 2. The number of carbonyl (C=O) groups excluding carboxylic acids is 1. The number of hydrogen-bond acceptors (Lipinski definition) is 2. The van der Waals surface area contributed by atoms with Gasteiger partial charge in [0.15, 0.2) is 0 Å². The summed E-state index contributed by atoms with van der Waals surface area (Å²) in [7, 11) is 0. The van der Waals surface area contributed by atoms with Crippen LogP contribution in [0.2, 0.25) is 0 Å². The van der Waals surface area contributed by atoms with Crippen molar-refractivity contribution in [3.63, 3.8) is 0 Å². The van der Waals surface area contributed by atoms with Gasteiger partial charge in [-0.1, -0.05) is 19.9 Å². The van der Waals surface area contributed by atoms with Gasteiger partial charge >= 0.3 is 0 Å². The molecular weight excluding hydrogens is 142 g/mol. The van der Waals surface area contributed by atoms with E-state index in [4.69, 9.17) is 5.11 Å². The second-order valence-corrected chi connectivity index (χ2v) is 2.37. The lowest BCUT2D eigenvalue weighted by molar-refractivity contribution is -0.117. The van der Waals surface area contributed by atoms with Crippen molar-refractivity contribution in [1.29, 1.82) is 0 Å². The van der Waals surface area contributed by atoms with E-state index in [-0.39, 0.29) is 18.1 Å². The highest BCUT2D eigenvalue weighted by atomic mass is 16.3. The summed E-state index contributed by atoms with van der Waals surface area (Å²) in [5, 5.41) is 11.1. The first-order valence-corrected chi connectivity index (χ1v) is 3.79. The second-order valence-electron chi connectivity index (χ2n) is 2.37. The van der Waals surface area contributed by atoms with Gasteiger partial charge in [0.2, 0.25) is 5.91 Å². The minimum Gasteiger partial charge on any atom is -0.391 e. The summed E-state index contributed by atoms with van der Waals surface area (Å²) < 4.78 is 0. The van der Waals surface area contributed by atoms with Crippen LogP contribution >= 0.6 is 0 Å². The molecule has 3 heteroatoms. The van der Waals surface area contributed by atoms with Gasteiger partial charge in [0.05, 0.1) is 6.61 Å². The fourth-order valence-corrected chi connectivity index (χ4v) is 0.575. The van der Waals surface area contributed by atoms with Gasteiger partial charge in [-0.25, -0.2) is 0 Å². The van der Waals surface area contributed by atoms with Gasteiger partial charge in [-0.15, -0.1) is 0 Å². The average molecular weight is 157 g/mol. The van der Waals surface area contributed by atoms with E-state index in [2.05, 4.69) is 11.9 Å². The highest BCUT2D eigenvalue weighted by Crippen LogP contribution is 1.88. The molecule has 0 aromatic rings. The van der Waals surface area contributed by atoms with E-state index in [9.17, 15) is 4.79 Å². The topological polar surface area (TPSA) is 49.3 Å². The van der Waals surface area contributed by atoms with Crippen LogP contribution in [-0.2, 0) is 4.79 Å². The second kappa shape index (κ2) is 5.92. The normalized spacial score (nSPS) is 9.27. The Morgan fingerprint density at radius 1 is 1.64 bits per heavy atom. The van der Waals surface area contributed by atoms with E-state index in [1.165, 1.54) is 0 Å². The minimum atomic E-state index is -0.266. The molecule has 0 fully saturated rings. The van der Waals surface area contributed by atoms with Crippen molar-refractivity contribution in [3.05, 3.63) is 12.2 Å². The average Bonchev–Trinajstić information content (AvgIpc) is 2.03. The predicted octanol–water partition coefficient (Wildman–Crippen LogP) is 0.451. The van der Waals surface area contributed by atoms with Crippen LogP contribution in [-0.4, -0.2) is 24.2 Å². The first-order chi connectivity index (χ1) is 5.22. The molecule has 2 N–H and O–H groups in total. The Kier molecular flexibility index (Phi) is 5.47. The molecule has 0 aliphatic heterocycles. The molecule has 64 valence electrons. The Morgan fingerprint density at radius 3 is 2.73 bits per heavy atom. The zero-order valence-corrected chi connectivity index (χ0v) is 6.89. The number of amides is 1. The Balaban J connectivity index is 3.44. The molecule has 1 amide bonds. The first kappa shape index (κ1) is 10.2. The zero-order chi connectivity index (χ0) is 8.69. The number of rotatable bonds is 5. The molecule has 3 nitrogen and oxygen atoms in total. The molecule has 0 aromatic heterocycles. The maximum absolute atomic E-state index is 10.9. The molecule has 0 unspecified atom stereocenters. The summed E-state index contributed by atoms with van der Waals surface area (Å²) in [4.78, 5) is 10.9. The van der Waals surface area contributed by atoms with Crippen LogP contribution in [0.3, 0.4) is 0 Å². The predicted molar refractivity (Wildman–Crippen MR) is 44.1 cm³/mol. The number of aliphatic hydroxyl groups excluding tert-OH is 1. The lowest BCUT2D eigenvalue weighted by Crippen LogP contribution is -2.26. The smallest absolute Gasteiger partial charge is 0.248 e. The third-order valence-corrected chi connectivity index (χ3v) is 1.33. The van der Waals surface area contributed by atoms with E-state index in [0.717, 1.165) is 12.8 Å². The fraction of sp³-hybridized carbons (Fsp3) is 0.625. The highest BCUT2D eigenvalue weighted by Gasteiger charge is 2.02. The summed E-state index contributed by atoms with van der Waals surface area (Å²) in [6.45, 7) is 5.83. The van der Waals surface area contributed by atoms with Gasteiger partial charge in [-0.3, -0.25) is 4.79 Å². The molecule has 0 atom stereocenters. The molecule has 0 aliphatic carbocycles. The van der Waals surface area contributed by atoms with E-state index < -0.39 is 0 Å². The van der Waals surface area contributed by atoms with Crippen LogP contribution in [0.5, 0.6) is 0 Å². The zero-order valence-electron chi connectivity index (χ0n) is 6.89. The van der Waals surface area contributed by atoms with E-state index in [0.29, 0.717) is 6.54 Å². The van der Waals surface area contributed by atoms with Crippen molar-refractivity contribution < 1.29 is 9.90 Å². The van der Waals surface area contributed by atoms with Crippen molar-refractivity contribution in [2.75, 3.05) is 13.2 Å². The maximum Gasteiger partial charge on any atom is 0.248 e. The van der Waals surface area contributed by atoms with Crippen LogP contribution in [0.4, 0.5) is 0 Å². The quantitative estimate of drug-likeness (QED) is 0.449. The number of unbranched alkanes of at least 4 members (excludes halogenated alkanes) is 1. The standard InChI is InChI=1S/C8H15NO2/c1-3-4-5-9-8(11)7(2)6-10/h10H,2-6H2,1H3,(H,9,11). The van der Waals surface area contributed by atoms with E-state index in [1.54, 1.807) is 0 Å². The Labute approximate surface area is 67.1 Å². The van der Waals surface area contributed by atoms with Gasteiger partial charge in [0.1, 0.15) is 0 Å². The van der Waals surface area contributed by atoms with Crippen molar-refractivity contribution in [2.45, 2.75) is 19.8 Å². The van der Waals surface area contributed by atoms with Gasteiger partial charge in [-0.05, 0) is 6.42 Å². The molecule has 11 heavy (non-hydrogen) atoms. The van der Waals surface area contributed by atoms with Gasteiger partial charge in [-0.2, -0.15) is 0 Å². The summed E-state index contributed by atoms with van der Waals surface area (Å²) in [5.74, 6) is -0.249. The first-order valence-electron chi connectivity index (χ1n) is 3.79. The van der Waals surface area contributed by atoms with Crippen LogP contribution in [0.25, 0.3) is 0 Å². The summed E-state index contributed by atoms with van der Waals surface area (Å²) in [6, 6.07) is 0. The molecule has 0 saturated heterocycles. The summed E-state index contributed by atoms with van der Waals surface area (Å²) >= 11 is 0. The molecule has 0 bridgehead atoms. The maximum atomic E-state index is 10.9. The van der Waals surface area contributed by atoms with Crippen molar-refractivity contribution in [2.24, 2.45) is 0 Å². The Morgan fingerprint density at radius 2 is 2.27 bits per heavy atom. The Bertz CT molecular complexity index is 143.